The standard InChI is InChI=1S/C22H29N3O4/c1-5-28-19-11-10-17(13-20(19)29-6-2)16(4)24-21(26)14-23-22(27)25-18-9-7-8-15(3)12-18/h7-13,16H,5-6,14H2,1-4H3,(H,24,26)(H2,23,25,27). The first-order valence-electron chi connectivity index (χ1n) is 9.73. The molecular formula is C22H29N3O4. The molecule has 0 aliphatic carbocycles. The van der Waals surface area contributed by atoms with Crippen molar-refractivity contribution in [2.75, 3.05) is 25.1 Å². The summed E-state index contributed by atoms with van der Waals surface area (Å²) in [6, 6.07) is 12.3. The van der Waals surface area contributed by atoms with Gasteiger partial charge in [-0.2, -0.15) is 0 Å². The highest BCUT2D eigenvalue weighted by Gasteiger charge is 2.14. The molecule has 7 heteroatoms. The average Bonchev–Trinajstić information content (AvgIpc) is 2.68. The second kappa shape index (κ2) is 10.9. The number of benzene rings is 2. The highest BCUT2D eigenvalue weighted by atomic mass is 16.5. The van der Waals surface area contributed by atoms with Gasteiger partial charge in [0.1, 0.15) is 0 Å². The summed E-state index contributed by atoms with van der Waals surface area (Å²) in [5.74, 6) is 1.03. The Morgan fingerprint density at radius 3 is 2.41 bits per heavy atom. The molecule has 2 rings (SSSR count). The Morgan fingerprint density at radius 2 is 1.72 bits per heavy atom. The Labute approximate surface area is 171 Å². The van der Waals surface area contributed by atoms with Crippen molar-refractivity contribution >= 4 is 17.6 Å². The maximum atomic E-state index is 12.2. The molecular weight excluding hydrogens is 370 g/mol. The van der Waals surface area contributed by atoms with Crippen LogP contribution in [-0.4, -0.2) is 31.7 Å². The highest BCUT2D eigenvalue weighted by Crippen LogP contribution is 2.30. The lowest BCUT2D eigenvalue weighted by Crippen LogP contribution is -2.39. The summed E-state index contributed by atoms with van der Waals surface area (Å²) in [5.41, 5.74) is 2.60. The van der Waals surface area contributed by atoms with Crippen molar-refractivity contribution in [1.82, 2.24) is 10.6 Å². The Bertz CT molecular complexity index is 839. The minimum absolute atomic E-state index is 0.128. The number of nitrogens with one attached hydrogen (secondary N) is 3. The van der Waals surface area contributed by atoms with Gasteiger partial charge in [0.2, 0.25) is 5.91 Å². The molecule has 0 saturated heterocycles. The molecule has 0 aliphatic rings. The van der Waals surface area contributed by atoms with Crippen LogP contribution in [0.2, 0.25) is 0 Å². The molecule has 0 saturated carbocycles. The maximum absolute atomic E-state index is 12.2. The van der Waals surface area contributed by atoms with Gasteiger partial charge in [-0.05, 0) is 63.1 Å². The first-order valence-corrected chi connectivity index (χ1v) is 9.73. The molecule has 1 unspecified atom stereocenters. The van der Waals surface area contributed by atoms with Crippen molar-refractivity contribution in [2.45, 2.75) is 33.7 Å². The third-order valence-corrected chi connectivity index (χ3v) is 4.13. The van der Waals surface area contributed by atoms with Gasteiger partial charge in [-0.3, -0.25) is 4.79 Å². The largest absolute Gasteiger partial charge is 0.490 e. The van der Waals surface area contributed by atoms with Crippen molar-refractivity contribution < 1.29 is 19.1 Å². The van der Waals surface area contributed by atoms with Gasteiger partial charge in [0.25, 0.3) is 0 Å². The summed E-state index contributed by atoms with van der Waals surface area (Å²) in [6.07, 6.45) is 0. The van der Waals surface area contributed by atoms with E-state index in [-0.39, 0.29) is 18.5 Å². The van der Waals surface area contributed by atoms with Gasteiger partial charge in [-0.25, -0.2) is 4.79 Å². The normalized spacial score (nSPS) is 11.3. The Kier molecular flexibility index (Phi) is 8.33. The number of ether oxygens (including phenoxy) is 2. The summed E-state index contributed by atoms with van der Waals surface area (Å²) in [4.78, 5) is 24.2. The predicted octanol–water partition coefficient (Wildman–Crippen LogP) is 3.79. The number of urea groups is 1. The summed E-state index contributed by atoms with van der Waals surface area (Å²) >= 11 is 0. The molecule has 0 heterocycles. The molecule has 0 aromatic heterocycles. The third kappa shape index (κ3) is 7.03. The van der Waals surface area contributed by atoms with Crippen LogP contribution < -0.4 is 25.4 Å². The van der Waals surface area contributed by atoms with E-state index in [1.165, 1.54) is 0 Å². The monoisotopic (exact) mass is 399 g/mol. The number of aryl methyl sites for hydroxylation is 1. The molecule has 0 fully saturated rings. The van der Waals surface area contributed by atoms with Crippen LogP contribution in [0.4, 0.5) is 10.5 Å². The second-order valence-electron chi connectivity index (χ2n) is 6.54. The van der Waals surface area contributed by atoms with E-state index in [9.17, 15) is 9.59 Å². The summed E-state index contributed by atoms with van der Waals surface area (Å²) in [5, 5.41) is 8.13. The molecule has 0 aliphatic heterocycles. The van der Waals surface area contributed by atoms with Crippen LogP contribution in [0.25, 0.3) is 0 Å². The number of carbonyl (C=O) groups is 2. The van der Waals surface area contributed by atoms with E-state index in [1.54, 1.807) is 6.07 Å². The highest BCUT2D eigenvalue weighted by molar-refractivity contribution is 5.92. The molecule has 2 aromatic carbocycles. The smallest absolute Gasteiger partial charge is 0.319 e. The lowest BCUT2D eigenvalue weighted by molar-refractivity contribution is -0.120. The van der Waals surface area contributed by atoms with Gasteiger partial charge in [0.05, 0.1) is 25.8 Å². The average molecular weight is 399 g/mol. The lowest BCUT2D eigenvalue weighted by atomic mass is 10.1. The van der Waals surface area contributed by atoms with Crippen molar-refractivity contribution in [2.24, 2.45) is 0 Å². The third-order valence-electron chi connectivity index (χ3n) is 4.13. The topological polar surface area (TPSA) is 88.7 Å². The van der Waals surface area contributed by atoms with Crippen molar-refractivity contribution in [3.05, 3.63) is 53.6 Å². The van der Waals surface area contributed by atoms with E-state index in [0.29, 0.717) is 30.4 Å². The van der Waals surface area contributed by atoms with Crippen LogP contribution in [0.1, 0.15) is 37.9 Å². The summed E-state index contributed by atoms with van der Waals surface area (Å²) in [7, 11) is 0. The van der Waals surface area contributed by atoms with Crippen LogP contribution in [0, 0.1) is 6.92 Å². The fourth-order valence-electron chi connectivity index (χ4n) is 2.77. The first kappa shape index (κ1) is 22.1. The lowest BCUT2D eigenvalue weighted by Gasteiger charge is -2.18. The van der Waals surface area contributed by atoms with Gasteiger partial charge in [-0.1, -0.05) is 18.2 Å². The number of anilines is 1. The summed E-state index contributed by atoms with van der Waals surface area (Å²) < 4.78 is 11.2. The summed E-state index contributed by atoms with van der Waals surface area (Å²) in [6.45, 7) is 8.56. The van der Waals surface area contributed by atoms with E-state index in [4.69, 9.17) is 9.47 Å². The van der Waals surface area contributed by atoms with E-state index in [1.807, 2.05) is 64.1 Å². The van der Waals surface area contributed by atoms with Crippen LogP contribution >= 0.6 is 0 Å². The zero-order valence-corrected chi connectivity index (χ0v) is 17.4. The van der Waals surface area contributed by atoms with Crippen molar-refractivity contribution in [1.29, 1.82) is 0 Å². The zero-order valence-electron chi connectivity index (χ0n) is 17.4. The first-order chi connectivity index (χ1) is 13.9. The van der Waals surface area contributed by atoms with E-state index >= 15 is 0 Å². The van der Waals surface area contributed by atoms with Crippen molar-refractivity contribution in [3.63, 3.8) is 0 Å². The van der Waals surface area contributed by atoms with Gasteiger partial charge >= 0.3 is 6.03 Å². The molecule has 3 amide bonds. The maximum Gasteiger partial charge on any atom is 0.319 e. The van der Waals surface area contributed by atoms with E-state index in [2.05, 4.69) is 16.0 Å². The number of hydrogen-bond donors (Lipinski definition) is 3. The van der Waals surface area contributed by atoms with Gasteiger partial charge in [0.15, 0.2) is 11.5 Å². The molecule has 2 aromatic rings. The van der Waals surface area contributed by atoms with Crippen LogP contribution in [-0.2, 0) is 4.79 Å². The number of hydrogen-bond acceptors (Lipinski definition) is 4. The molecule has 1 atom stereocenters. The minimum Gasteiger partial charge on any atom is -0.490 e. The van der Waals surface area contributed by atoms with E-state index < -0.39 is 6.03 Å². The second-order valence-corrected chi connectivity index (χ2v) is 6.54. The predicted molar refractivity (Wildman–Crippen MR) is 114 cm³/mol. The molecule has 0 bridgehead atoms. The van der Waals surface area contributed by atoms with Crippen LogP contribution in [0.15, 0.2) is 42.5 Å². The van der Waals surface area contributed by atoms with Crippen molar-refractivity contribution in [3.8, 4) is 11.5 Å². The minimum atomic E-state index is -0.432. The Hall–Kier alpha value is -3.22. The molecule has 29 heavy (non-hydrogen) atoms. The quantitative estimate of drug-likeness (QED) is 0.599. The Balaban J connectivity index is 1.88. The van der Waals surface area contributed by atoms with Crippen LogP contribution in [0.3, 0.4) is 0 Å². The van der Waals surface area contributed by atoms with Gasteiger partial charge < -0.3 is 25.4 Å². The molecule has 156 valence electrons. The molecule has 3 N–H and O–H groups in total. The zero-order chi connectivity index (χ0) is 21.2. The SMILES string of the molecule is CCOc1ccc(C(C)NC(=O)CNC(=O)Nc2cccc(C)c2)cc1OCC. The Morgan fingerprint density at radius 1 is 1.00 bits per heavy atom. The van der Waals surface area contributed by atoms with Gasteiger partial charge in [0, 0.05) is 5.69 Å². The van der Waals surface area contributed by atoms with Gasteiger partial charge in [-0.15, -0.1) is 0 Å². The fraction of sp³-hybridized carbons (Fsp3) is 0.364. The molecule has 0 spiro atoms. The number of carbonyl (C=O) groups excluding carboxylic acids is 2. The number of amides is 3. The molecule has 0 radical (unpaired) electrons. The molecule has 7 nitrogen and oxygen atoms in total. The van der Waals surface area contributed by atoms with E-state index in [0.717, 1.165) is 11.1 Å². The fourth-order valence-corrected chi connectivity index (χ4v) is 2.77. The van der Waals surface area contributed by atoms with Crippen LogP contribution in [0.5, 0.6) is 11.5 Å². The number of rotatable bonds is 9.